The van der Waals surface area contributed by atoms with E-state index in [9.17, 15) is 4.79 Å². The van der Waals surface area contributed by atoms with Gasteiger partial charge in [-0.3, -0.25) is 4.79 Å². The Kier molecular flexibility index (Phi) is 5.97. The molecule has 3 rings (SSSR count). The normalized spacial score (nSPS) is 14.0. The monoisotopic (exact) mass is 374 g/mol. The summed E-state index contributed by atoms with van der Waals surface area (Å²) in [4.78, 5) is 12.4. The van der Waals surface area contributed by atoms with E-state index < -0.39 is 0 Å². The van der Waals surface area contributed by atoms with Crippen molar-refractivity contribution in [3.05, 3.63) is 40.4 Å². The molecule has 26 heavy (non-hydrogen) atoms. The number of benzene rings is 1. The molecule has 0 bridgehead atoms. The number of amides is 1. The summed E-state index contributed by atoms with van der Waals surface area (Å²) < 4.78 is 2.28. The molecular formula is C20H27ClN4O. The van der Waals surface area contributed by atoms with Gasteiger partial charge in [0, 0.05) is 36.0 Å². The van der Waals surface area contributed by atoms with Crippen molar-refractivity contribution < 1.29 is 4.79 Å². The number of nitrogens with zero attached hydrogens (tertiary/aromatic N) is 3. The third kappa shape index (κ3) is 4.85. The molecule has 1 saturated carbocycles. The minimum atomic E-state index is -0.0237. The van der Waals surface area contributed by atoms with E-state index >= 15 is 0 Å². The number of carbonyl (C=O) groups is 1. The zero-order chi connectivity index (χ0) is 18.7. The molecule has 1 aliphatic carbocycles. The summed E-state index contributed by atoms with van der Waals surface area (Å²) in [6.07, 6.45) is 5.44. The van der Waals surface area contributed by atoms with Crippen LogP contribution in [0.5, 0.6) is 0 Å². The van der Waals surface area contributed by atoms with E-state index in [2.05, 4.69) is 33.9 Å². The average Bonchev–Trinajstić information content (AvgIpc) is 3.34. The van der Waals surface area contributed by atoms with E-state index in [1.54, 1.807) is 6.07 Å². The zero-order valence-corrected chi connectivity index (χ0v) is 16.5. The molecule has 1 aliphatic rings. The Morgan fingerprint density at radius 1 is 1.27 bits per heavy atom. The van der Waals surface area contributed by atoms with Gasteiger partial charge in [-0.05, 0) is 49.8 Å². The van der Waals surface area contributed by atoms with Crippen LogP contribution in [-0.2, 0) is 17.6 Å². The predicted molar refractivity (Wildman–Crippen MR) is 105 cm³/mol. The summed E-state index contributed by atoms with van der Waals surface area (Å²) in [6.45, 7) is 6.40. The number of rotatable bonds is 8. The molecule has 1 fully saturated rings. The minimum Gasteiger partial charge on any atom is -0.326 e. The van der Waals surface area contributed by atoms with Gasteiger partial charge in [-0.15, -0.1) is 10.2 Å². The quantitative estimate of drug-likeness (QED) is 0.726. The molecule has 5 nitrogen and oxygen atoms in total. The van der Waals surface area contributed by atoms with Crippen molar-refractivity contribution in [3.8, 4) is 0 Å². The molecule has 1 aromatic heterocycles. The van der Waals surface area contributed by atoms with Crippen LogP contribution in [0.3, 0.4) is 0 Å². The number of carbonyl (C=O) groups excluding carboxylic acids is 1. The maximum Gasteiger partial charge on any atom is 0.224 e. The van der Waals surface area contributed by atoms with Crippen molar-refractivity contribution in [2.24, 2.45) is 5.92 Å². The van der Waals surface area contributed by atoms with Gasteiger partial charge in [0.1, 0.15) is 11.6 Å². The fourth-order valence-electron chi connectivity index (χ4n) is 3.04. The summed E-state index contributed by atoms with van der Waals surface area (Å²) in [5.41, 5.74) is 1.77. The molecule has 1 heterocycles. The first-order valence-corrected chi connectivity index (χ1v) is 9.80. The maximum atomic E-state index is 12.4. The molecule has 6 heteroatoms. The van der Waals surface area contributed by atoms with Crippen LogP contribution in [0.4, 0.5) is 5.69 Å². The van der Waals surface area contributed by atoms with Crippen LogP contribution in [0.1, 0.15) is 62.8 Å². The third-order valence-corrected chi connectivity index (χ3v) is 4.98. The van der Waals surface area contributed by atoms with Crippen molar-refractivity contribution in [2.75, 3.05) is 5.32 Å². The van der Waals surface area contributed by atoms with Gasteiger partial charge in [0.05, 0.1) is 0 Å². The number of halogens is 1. The zero-order valence-electron chi connectivity index (χ0n) is 15.8. The van der Waals surface area contributed by atoms with Crippen molar-refractivity contribution >= 4 is 23.2 Å². The number of aromatic nitrogens is 3. The third-order valence-electron chi connectivity index (χ3n) is 4.74. The summed E-state index contributed by atoms with van der Waals surface area (Å²) in [6, 6.07) is 6.04. The fraction of sp³-hybridized carbons (Fsp3) is 0.550. The van der Waals surface area contributed by atoms with Crippen LogP contribution in [0.25, 0.3) is 0 Å². The van der Waals surface area contributed by atoms with E-state index in [-0.39, 0.29) is 5.91 Å². The maximum absolute atomic E-state index is 12.4. The van der Waals surface area contributed by atoms with Gasteiger partial charge in [0.25, 0.3) is 0 Å². The van der Waals surface area contributed by atoms with Crippen molar-refractivity contribution in [1.29, 1.82) is 0 Å². The first-order valence-electron chi connectivity index (χ1n) is 9.42. The molecular weight excluding hydrogens is 348 g/mol. The second kappa shape index (κ2) is 8.21. The molecule has 0 saturated heterocycles. The highest BCUT2D eigenvalue weighted by atomic mass is 35.5. The smallest absolute Gasteiger partial charge is 0.224 e. The number of nitrogens with one attached hydrogen (secondary N) is 1. The second-order valence-electron chi connectivity index (χ2n) is 7.57. The molecule has 1 N–H and O–H groups in total. The highest BCUT2D eigenvalue weighted by Gasteiger charge is 2.29. The van der Waals surface area contributed by atoms with Gasteiger partial charge in [-0.1, -0.05) is 31.5 Å². The standard InChI is InChI=1S/C20H27ClN4O/c1-13(2)4-9-18-23-24-19(25(18)16-7-8-16)10-11-20(26)22-17-12-15(21)6-5-14(17)3/h5-6,12-13,16H,4,7-11H2,1-3H3,(H,22,26). The van der Waals surface area contributed by atoms with Crippen LogP contribution in [0, 0.1) is 12.8 Å². The summed E-state index contributed by atoms with van der Waals surface area (Å²) in [7, 11) is 0. The largest absolute Gasteiger partial charge is 0.326 e. The van der Waals surface area contributed by atoms with Gasteiger partial charge < -0.3 is 9.88 Å². The molecule has 0 atom stereocenters. The van der Waals surface area contributed by atoms with Crippen LogP contribution in [0.15, 0.2) is 18.2 Å². The lowest BCUT2D eigenvalue weighted by Crippen LogP contribution is -2.15. The Hall–Kier alpha value is -1.88. The van der Waals surface area contributed by atoms with Crippen LogP contribution < -0.4 is 5.32 Å². The SMILES string of the molecule is Cc1ccc(Cl)cc1NC(=O)CCc1nnc(CCC(C)C)n1C1CC1. The molecule has 0 unspecified atom stereocenters. The molecule has 2 aromatic rings. The fourth-order valence-corrected chi connectivity index (χ4v) is 3.21. The van der Waals surface area contributed by atoms with Gasteiger partial charge >= 0.3 is 0 Å². The molecule has 140 valence electrons. The lowest BCUT2D eigenvalue weighted by molar-refractivity contribution is -0.116. The number of hydrogen-bond donors (Lipinski definition) is 1. The topological polar surface area (TPSA) is 59.8 Å². The first kappa shape index (κ1) is 18.9. The Morgan fingerprint density at radius 2 is 1.96 bits per heavy atom. The summed E-state index contributed by atoms with van der Waals surface area (Å²) in [5.74, 6) is 2.63. The predicted octanol–water partition coefficient (Wildman–Crippen LogP) is 4.73. The Morgan fingerprint density at radius 3 is 2.62 bits per heavy atom. The van der Waals surface area contributed by atoms with E-state index in [4.69, 9.17) is 11.6 Å². The second-order valence-corrected chi connectivity index (χ2v) is 8.01. The lowest BCUT2D eigenvalue weighted by Gasteiger charge is -2.11. The number of aryl methyl sites for hydroxylation is 3. The molecule has 0 spiro atoms. The van der Waals surface area contributed by atoms with E-state index in [1.807, 2.05) is 19.1 Å². The van der Waals surface area contributed by atoms with Crippen molar-refractivity contribution in [3.63, 3.8) is 0 Å². The molecule has 1 amide bonds. The first-order chi connectivity index (χ1) is 12.4. The van der Waals surface area contributed by atoms with E-state index in [1.165, 1.54) is 12.8 Å². The van der Waals surface area contributed by atoms with Gasteiger partial charge in [-0.2, -0.15) is 0 Å². The van der Waals surface area contributed by atoms with Crippen molar-refractivity contribution in [1.82, 2.24) is 14.8 Å². The van der Waals surface area contributed by atoms with Crippen LogP contribution >= 0.6 is 11.6 Å². The van der Waals surface area contributed by atoms with E-state index in [0.29, 0.717) is 29.8 Å². The van der Waals surface area contributed by atoms with Gasteiger partial charge in [0.15, 0.2) is 0 Å². The minimum absolute atomic E-state index is 0.0237. The Balaban J connectivity index is 1.62. The highest BCUT2D eigenvalue weighted by molar-refractivity contribution is 6.31. The number of hydrogen-bond acceptors (Lipinski definition) is 3. The van der Waals surface area contributed by atoms with Crippen LogP contribution in [-0.4, -0.2) is 20.7 Å². The molecule has 0 aliphatic heterocycles. The average molecular weight is 375 g/mol. The summed E-state index contributed by atoms with van der Waals surface area (Å²) >= 11 is 6.02. The van der Waals surface area contributed by atoms with Crippen molar-refractivity contribution in [2.45, 2.75) is 65.3 Å². The van der Waals surface area contributed by atoms with Crippen LogP contribution in [0.2, 0.25) is 5.02 Å². The van der Waals surface area contributed by atoms with E-state index in [0.717, 1.165) is 35.7 Å². The molecule has 1 aromatic carbocycles. The lowest BCUT2D eigenvalue weighted by atomic mass is 10.1. The Bertz CT molecular complexity index is 780. The van der Waals surface area contributed by atoms with Gasteiger partial charge in [-0.25, -0.2) is 0 Å². The molecule has 0 radical (unpaired) electrons. The number of anilines is 1. The summed E-state index contributed by atoms with van der Waals surface area (Å²) in [5, 5.41) is 12.3. The highest BCUT2D eigenvalue weighted by Crippen LogP contribution is 2.37. The Labute approximate surface area is 160 Å². The van der Waals surface area contributed by atoms with Gasteiger partial charge in [0.2, 0.25) is 5.91 Å².